The number of nitrogens with two attached hydrogens (primary N) is 1. The van der Waals surface area contributed by atoms with E-state index < -0.39 is 0 Å². The Labute approximate surface area is 124 Å². The zero-order chi connectivity index (χ0) is 15.5. The highest BCUT2D eigenvalue weighted by atomic mass is 16.5. The van der Waals surface area contributed by atoms with Gasteiger partial charge in [0.2, 0.25) is 5.88 Å². The topological polar surface area (TPSA) is 80.7 Å². The van der Waals surface area contributed by atoms with Crippen LogP contribution in [0.25, 0.3) is 0 Å². The fourth-order valence-corrected chi connectivity index (χ4v) is 1.86. The molecule has 5 nitrogen and oxygen atoms in total. The number of benzene rings is 1. The van der Waals surface area contributed by atoms with Crippen molar-refractivity contribution in [2.75, 3.05) is 0 Å². The standard InChI is InChI=1S/C16H19N3O2/c1-16(2,3)11-6-4-7-12(10-11)21-15-13(14(17)19-20)8-5-9-18-15/h4-10,20H,1-3H3,(H2,17,19). The predicted octanol–water partition coefficient (Wildman–Crippen LogP) is 3.27. The number of oxime groups is 1. The van der Waals surface area contributed by atoms with Gasteiger partial charge in [-0.3, -0.25) is 0 Å². The van der Waals surface area contributed by atoms with E-state index in [-0.39, 0.29) is 11.3 Å². The van der Waals surface area contributed by atoms with E-state index >= 15 is 0 Å². The SMILES string of the molecule is CC(C)(C)c1cccc(Oc2ncccc2/C(N)=N/O)c1. The van der Waals surface area contributed by atoms with Crippen molar-refractivity contribution < 1.29 is 9.94 Å². The van der Waals surface area contributed by atoms with Crippen LogP contribution in [0.2, 0.25) is 0 Å². The van der Waals surface area contributed by atoms with Gasteiger partial charge in [0.25, 0.3) is 0 Å². The molecule has 110 valence electrons. The normalized spacial score (nSPS) is 12.2. The highest BCUT2D eigenvalue weighted by molar-refractivity contribution is 5.99. The average molecular weight is 285 g/mol. The number of amidine groups is 1. The van der Waals surface area contributed by atoms with Crippen LogP contribution in [0.5, 0.6) is 11.6 Å². The molecule has 0 unspecified atom stereocenters. The van der Waals surface area contributed by atoms with Gasteiger partial charge in [0.05, 0.1) is 5.56 Å². The minimum Gasteiger partial charge on any atom is -0.438 e. The van der Waals surface area contributed by atoms with Crippen LogP contribution in [0.3, 0.4) is 0 Å². The fourth-order valence-electron chi connectivity index (χ4n) is 1.86. The molecule has 1 aromatic carbocycles. The summed E-state index contributed by atoms with van der Waals surface area (Å²) < 4.78 is 5.79. The Morgan fingerprint density at radius 3 is 2.67 bits per heavy atom. The molecule has 0 saturated heterocycles. The number of ether oxygens (including phenoxy) is 1. The van der Waals surface area contributed by atoms with Gasteiger partial charge in [-0.1, -0.05) is 38.1 Å². The molecule has 0 fully saturated rings. The van der Waals surface area contributed by atoms with Crippen LogP contribution in [-0.2, 0) is 5.41 Å². The summed E-state index contributed by atoms with van der Waals surface area (Å²) >= 11 is 0. The van der Waals surface area contributed by atoms with E-state index in [1.54, 1.807) is 18.3 Å². The van der Waals surface area contributed by atoms with Crippen molar-refractivity contribution in [3.8, 4) is 11.6 Å². The molecule has 0 saturated carbocycles. The molecule has 0 aliphatic rings. The van der Waals surface area contributed by atoms with E-state index in [2.05, 4.69) is 37.0 Å². The summed E-state index contributed by atoms with van der Waals surface area (Å²) in [5.41, 5.74) is 7.25. The Hall–Kier alpha value is -2.56. The monoisotopic (exact) mass is 285 g/mol. The van der Waals surface area contributed by atoms with Gasteiger partial charge < -0.3 is 15.7 Å². The van der Waals surface area contributed by atoms with Crippen LogP contribution in [0.4, 0.5) is 0 Å². The first-order chi connectivity index (χ1) is 9.91. The Kier molecular flexibility index (Phi) is 4.12. The molecule has 1 heterocycles. The summed E-state index contributed by atoms with van der Waals surface area (Å²) in [7, 11) is 0. The van der Waals surface area contributed by atoms with E-state index in [9.17, 15) is 0 Å². The number of hydrogen-bond donors (Lipinski definition) is 2. The molecule has 3 N–H and O–H groups in total. The first-order valence-electron chi connectivity index (χ1n) is 6.63. The van der Waals surface area contributed by atoms with E-state index in [4.69, 9.17) is 15.7 Å². The van der Waals surface area contributed by atoms with Crippen molar-refractivity contribution in [2.45, 2.75) is 26.2 Å². The van der Waals surface area contributed by atoms with Gasteiger partial charge in [-0.25, -0.2) is 4.98 Å². The van der Waals surface area contributed by atoms with E-state index in [0.29, 0.717) is 17.2 Å². The summed E-state index contributed by atoms with van der Waals surface area (Å²) in [5, 5.41) is 11.8. The minimum absolute atomic E-state index is 0.0257. The second kappa shape index (κ2) is 5.83. The third kappa shape index (κ3) is 3.51. The largest absolute Gasteiger partial charge is 0.438 e. The number of aromatic nitrogens is 1. The molecule has 1 aromatic heterocycles. The summed E-state index contributed by atoms with van der Waals surface area (Å²) in [6.07, 6.45) is 1.59. The smallest absolute Gasteiger partial charge is 0.230 e. The molecule has 0 spiro atoms. The third-order valence-corrected chi connectivity index (χ3v) is 3.07. The lowest BCUT2D eigenvalue weighted by Crippen LogP contribution is -2.15. The van der Waals surface area contributed by atoms with Crippen LogP contribution in [0, 0.1) is 0 Å². The van der Waals surface area contributed by atoms with Crippen molar-refractivity contribution in [3.63, 3.8) is 0 Å². The number of pyridine rings is 1. The molecule has 21 heavy (non-hydrogen) atoms. The third-order valence-electron chi connectivity index (χ3n) is 3.07. The maximum Gasteiger partial charge on any atom is 0.230 e. The van der Waals surface area contributed by atoms with Gasteiger partial charge in [0, 0.05) is 6.20 Å². The highest BCUT2D eigenvalue weighted by Crippen LogP contribution is 2.28. The molecule has 5 heteroatoms. The van der Waals surface area contributed by atoms with Gasteiger partial charge in [0.1, 0.15) is 5.75 Å². The summed E-state index contributed by atoms with van der Waals surface area (Å²) in [6, 6.07) is 11.2. The fraction of sp³-hybridized carbons (Fsp3) is 0.250. The second-order valence-electron chi connectivity index (χ2n) is 5.72. The van der Waals surface area contributed by atoms with E-state index in [0.717, 1.165) is 5.56 Å². The molecule has 0 atom stereocenters. The quantitative estimate of drug-likeness (QED) is 0.392. The van der Waals surface area contributed by atoms with Crippen molar-refractivity contribution in [2.24, 2.45) is 10.9 Å². The molecule has 0 aliphatic heterocycles. The molecule has 2 rings (SSSR count). The number of nitrogens with zero attached hydrogens (tertiary/aromatic N) is 2. The first kappa shape index (κ1) is 14.8. The zero-order valence-electron chi connectivity index (χ0n) is 12.4. The molecule has 0 amide bonds. The second-order valence-corrected chi connectivity index (χ2v) is 5.72. The Balaban J connectivity index is 2.35. The Bertz CT molecular complexity index is 661. The molecular weight excluding hydrogens is 266 g/mol. The van der Waals surface area contributed by atoms with Gasteiger partial charge >= 0.3 is 0 Å². The van der Waals surface area contributed by atoms with Crippen LogP contribution in [0.15, 0.2) is 47.8 Å². The van der Waals surface area contributed by atoms with Crippen molar-refractivity contribution >= 4 is 5.84 Å². The van der Waals surface area contributed by atoms with Crippen LogP contribution >= 0.6 is 0 Å². The van der Waals surface area contributed by atoms with Crippen LogP contribution in [0.1, 0.15) is 31.9 Å². The van der Waals surface area contributed by atoms with Crippen molar-refractivity contribution in [1.29, 1.82) is 0 Å². The predicted molar refractivity (Wildman–Crippen MR) is 82.0 cm³/mol. The number of rotatable bonds is 3. The Morgan fingerprint density at radius 2 is 2.00 bits per heavy atom. The van der Waals surface area contributed by atoms with Crippen molar-refractivity contribution in [1.82, 2.24) is 4.98 Å². The molecule has 0 radical (unpaired) electrons. The maximum atomic E-state index is 8.81. The van der Waals surface area contributed by atoms with E-state index in [1.165, 1.54) is 0 Å². The van der Waals surface area contributed by atoms with Crippen LogP contribution < -0.4 is 10.5 Å². The Morgan fingerprint density at radius 1 is 1.24 bits per heavy atom. The minimum atomic E-state index is -0.0370. The number of hydrogen-bond acceptors (Lipinski definition) is 4. The maximum absolute atomic E-state index is 8.81. The lowest BCUT2D eigenvalue weighted by molar-refractivity contribution is 0.318. The van der Waals surface area contributed by atoms with Crippen LogP contribution in [-0.4, -0.2) is 16.0 Å². The molecular formula is C16H19N3O2. The van der Waals surface area contributed by atoms with Gasteiger partial charge in [-0.15, -0.1) is 0 Å². The van der Waals surface area contributed by atoms with Gasteiger partial charge in [-0.2, -0.15) is 0 Å². The average Bonchev–Trinajstić information content (AvgIpc) is 2.46. The molecule has 0 aliphatic carbocycles. The lowest BCUT2D eigenvalue weighted by atomic mass is 9.87. The van der Waals surface area contributed by atoms with Gasteiger partial charge in [0.15, 0.2) is 5.84 Å². The first-order valence-corrected chi connectivity index (χ1v) is 6.63. The molecule has 0 bridgehead atoms. The van der Waals surface area contributed by atoms with Gasteiger partial charge in [-0.05, 0) is 35.2 Å². The summed E-state index contributed by atoms with van der Waals surface area (Å²) in [5.74, 6) is 0.928. The highest BCUT2D eigenvalue weighted by Gasteiger charge is 2.15. The molecule has 2 aromatic rings. The zero-order valence-corrected chi connectivity index (χ0v) is 12.4. The van der Waals surface area contributed by atoms with E-state index in [1.807, 2.05) is 18.2 Å². The lowest BCUT2D eigenvalue weighted by Gasteiger charge is -2.19. The van der Waals surface area contributed by atoms with Crippen molar-refractivity contribution in [3.05, 3.63) is 53.7 Å². The summed E-state index contributed by atoms with van der Waals surface area (Å²) in [6.45, 7) is 6.40. The summed E-state index contributed by atoms with van der Waals surface area (Å²) in [4.78, 5) is 4.14.